The molecule has 0 saturated heterocycles. The molecule has 0 saturated carbocycles. The fourth-order valence-electron chi connectivity index (χ4n) is 2.26. The van der Waals surface area contributed by atoms with E-state index in [1.54, 1.807) is 10.9 Å². The maximum Gasteiger partial charge on any atom is 0.417 e. The number of hydrogen-bond acceptors (Lipinski definition) is 3. The number of rotatable bonds is 5. The smallest absolute Gasteiger partial charge is 0.369 e. The van der Waals surface area contributed by atoms with Gasteiger partial charge in [0.2, 0.25) is 0 Å². The summed E-state index contributed by atoms with van der Waals surface area (Å²) in [6, 6.07) is 10.5. The maximum absolute atomic E-state index is 12.6. The number of halogens is 4. The molecule has 2 heterocycles. The Bertz CT molecular complexity index is 847. The Balaban J connectivity index is 1.59. The van der Waals surface area contributed by atoms with Crippen molar-refractivity contribution >= 4 is 17.4 Å². The van der Waals surface area contributed by atoms with Gasteiger partial charge in [-0.05, 0) is 30.2 Å². The van der Waals surface area contributed by atoms with Gasteiger partial charge in [0.25, 0.3) is 0 Å². The van der Waals surface area contributed by atoms with Crippen LogP contribution in [-0.4, -0.2) is 21.3 Å². The summed E-state index contributed by atoms with van der Waals surface area (Å²) in [6.07, 6.45) is 0.587. The molecule has 0 radical (unpaired) electrons. The van der Waals surface area contributed by atoms with Gasteiger partial charge in [0.1, 0.15) is 5.82 Å². The largest absolute Gasteiger partial charge is 0.417 e. The van der Waals surface area contributed by atoms with Crippen LogP contribution in [0.4, 0.5) is 19.0 Å². The monoisotopic (exact) mass is 366 g/mol. The van der Waals surface area contributed by atoms with Crippen molar-refractivity contribution in [2.45, 2.75) is 12.6 Å². The van der Waals surface area contributed by atoms with Gasteiger partial charge in [-0.3, -0.25) is 0 Å². The van der Waals surface area contributed by atoms with Crippen molar-refractivity contribution < 1.29 is 13.2 Å². The second-order valence-electron chi connectivity index (χ2n) is 5.36. The van der Waals surface area contributed by atoms with Gasteiger partial charge in [-0.15, -0.1) is 0 Å². The van der Waals surface area contributed by atoms with E-state index in [1.165, 1.54) is 0 Å². The summed E-state index contributed by atoms with van der Waals surface area (Å²) >= 11 is 5.86. The zero-order chi connectivity index (χ0) is 17.9. The third kappa shape index (κ3) is 4.30. The van der Waals surface area contributed by atoms with Crippen LogP contribution < -0.4 is 5.32 Å². The molecule has 0 atom stereocenters. The van der Waals surface area contributed by atoms with Crippen LogP contribution in [0.25, 0.3) is 5.69 Å². The number of benzene rings is 1. The van der Waals surface area contributed by atoms with Crippen molar-refractivity contribution in [1.82, 2.24) is 14.8 Å². The molecule has 1 aromatic carbocycles. The summed E-state index contributed by atoms with van der Waals surface area (Å²) in [4.78, 5) is 3.74. The molecule has 0 aliphatic rings. The number of aromatic nitrogens is 3. The summed E-state index contributed by atoms with van der Waals surface area (Å²) in [7, 11) is 0. The van der Waals surface area contributed by atoms with E-state index >= 15 is 0 Å². The Hall–Kier alpha value is -2.54. The number of pyridine rings is 1. The molecular formula is C17H14ClF3N4. The Kier molecular flexibility index (Phi) is 4.94. The Morgan fingerprint density at radius 1 is 1.12 bits per heavy atom. The minimum absolute atomic E-state index is 0.0604. The van der Waals surface area contributed by atoms with Gasteiger partial charge >= 0.3 is 6.18 Å². The lowest BCUT2D eigenvalue weighted by Gasteiger charge is -2.10. The molecule has 0 spiro atoms. The summed E-state index contributed by atoms with van der Waals surface area (Å²) in [6.45, 7) is 0.471. The highest BCUT2D eigenvalue weighted by Crippen LogP contribution is 2.32. The quantitative estimate of drug-likeness (QED) is 0.718. The zero-order valence-electron chi connectivity index (χ0n) is 13.0. The highest BCUT2D eigenvalue weighted by molar-refractivity contribution is 6.32. The molecular weight excluding hydrogens is 353 g/mol. The van der Waals surface area contributed by atoms with Crippen molar-refractivity contribution in [1.29, 1.82) is 0 Å². The molecule has 3 rings (SSSR count). The van der Waals surface area contributed by atoms with Gasteiger partial charge in [-0.1, -0.05) is 29.8 Å². The fraction of sp³-hybridized carbons (Fsp3) is 0.176. The highest BCUT2D eigenvalue weighted by Gasteiger charge is 2.31. The number of nitrogens with zero attached hydrogens (tertiary/aromatic N) is 3. The first-order chi connectivity index (χ1) is 11.9. The summed E-state index contributed by atoms with van der Waals surface area (Å²) in [5.74, 6) is 0.227. The van der Waals surface area contributed by atoms with Crippen LogP contribution in [0.15, 0.2) is 55.0 Å². The van der Waals surface area contributed by atoms with Crippen LogP contribution in [0.1, 0.15) is 11.1 Å². The zero-order valence-corrected chi connectivity index (χ0v) is 13.7. The lowest BCUT2D eigenvalue weighted by Crippen LogP contribution is -2.09. The number of nitrogens with one attached hydrogen (secondary N) is 1. The Morgan fingerprint density at radius 2 is 1.88 bits per heavy atom. The molecule has 25 heavy (non-hydrogen) atoms. The predicted octanol–water partition coefficient (Wildman–Crippen LogP) is 4.59. The van der Waals surface area contributed by atoms with Gasteiger partial charge < -0.3 is 5.32 Å². The normalized spacial score (nSPS) is 11.5. The molecule has 3 aromatic rings. The van der Waals surface area contributed by atoms with Crippen LogP contribution in [0.2, 0.25) is 5.02 Å². The van der Waals surface area contributed by atoms with Crippen LogP contribution in [-0.2, 0) is 12.6 Å². The molecule has 0 amide bonds. The molecule has 1 N–H and O–H groups in total. The van der Waals surface area contributed by atoms with Gasteiger partial charge in [0.15, 0.2) is 0 Å². The minimum atomic E-state index is -4.46. The first kappa shape index (κ1) is 17.3. The minimum Gasteiger partial charge on any atom is -0.369 e. The van der Waals surface area contributed by atoms with Crippen molar-refractivity contribution in [2.24, 2.45) is 0 Å². The van der Waals surface area contributed by atoms with E-state index in [1.807, 2.05) is 36.5 Å². The summed E-state index contributed by atoms with van der Waals surface area (Å²) in [5, 5.41) is 7.17. The summed E-state index contributed by atoms with van der Waals surface area (Å²) in [5.41, 5.74) is 1.07. The predicted molar refractivity (Wildman–Crippen MR) is 90.0 cm³/mol. The standard InChI is InChI=1S/C17H14ClF3N4/c18-15-8-13(17(19,20)21)10-23-16(15)22-7-6-12-9-24-25(11-12)14-4-2-1-3-5-14/h1-5,8-11H,6-7H2,(H,22,23). The van der Waals surface area contributed by atoms with E-state index in [0.717, 1.165) is 23.5 Å². The van der Waals surface area contributed by atoms with E-state index in [0.29, 0.717) is 13.0 Å². The molecule has 130 valence electrons. The number of hydrogen-bond donors (Lipinski definition) is 1. The lowest BCUT2D eigenvalue weighted by atomic mass is 10.2. The second kappa shape index (κ2) is 7.14. The van der Waals surface area contributed by atoms with Crippen LogP contribution >= 0.6 is 11.6 Å². The molecule has 8 heteroatoms. The van der Waals surface area contributed by atoms with Crippen molar-refractivity contribution in [2.75, 3.05) is 11.9 Å². The first-order valence-corrected chi connectivity index (χ1v) is 7.87. The molecule has 4 nitrogen and oxygen atoms in total. The van der Waals surface area contributed by atoms with E-state index < -0.39 is 11.7 Å². The van der Waals surface area contributed by atoms with E-state index in [-0.39, 0.29) is 10.8 Å². The molecule has 0 fully saturated rings. The van der Waals surface area contributed by atoms with Crippen molar-refractivity contribution in [3.63, 3.8) is 0 Å². The highest BCUT2D eigenvalue weighted by atomic mass is 35.5. The van der Waals surface area contributed by atoms with Crippen LogP contribution in [0.3, 0.4) is 0 Å². The lowest BCUT2D eigenvalue weighted by molar-refractivity contribution is -0.137. The Labute approximate surface area is 147 Å². The maximum atomic E-state index is 12.6. The van der Waals surface area contributed by atoms with E-state index in [4.69, 9.17) is 11.6 Å². The molecule has 0 aliphatic heterocycles. The number of para-hydroxylation sites is 1. The van der Waals surface area contributed by atoms with Gasteiger partial charge in [0, 0.05) is 18.9 Å². The second-order valence-corrected chi connectivity index (χ2v) is 5.76. The Morgan fingerprint density at radius 3 is 2.56 bits per heavy atom. The van der Waals surface area contributed by atoms with Gasteiger partial charge in [-0.25, -0.2) is 9.67 Å². The van der Waals surface area contributed by atoms with Crippen molar-refractivity contribution in [3.05, 3.63) is 71.1 Å². The fourth-order valence-corrected chi connectivity index (χ4v) is 2.49. The molecule has 0 aliphatic carbocycles. The van der Waals surface area contributed by atoms with Gasteiger partial charge in [0.05, 0.1) is 22.5 Å². The SMILES string of the molecule is FC(F)(F)c1cnc(NCCc2cnn(-c3ccccc3)c2)c(Cl)c1. The summed E-state index contributed by atoms with van der Waals surface area (Å²) < 4.78 is 39.5. The first-order valence-electron chi connectivity index (χ1n) is 7.49. The third-order valence-corrected chi connectivity index (χ3v) is 3.82. The number of anilines is 1. The number of alkyl halides is 3. The topological polar surface area (TPSA) is 42.7 Å². The van der Waals surface area contributed by atoms with E-state index in [9.17, 15) is 13.2 Å². The van der Waals surface area contributed by atoms with Gasteiger partial charge in [-0.2, -0.15) is 18.3 Å². The third-order valence-electron chi connectivity index (χ3n) is 3.53. The average molecular weight is 367 g/mol. The average Bonchev–Trinajstić information content (AvgIpc) is 3.05. The van der Waals surface area contributed by atoms with E-state index in [2.05, 4.69) is 15.4 Å². The molecule has 0 bridgehead atoms. The van der Waals surface area contributed by atoms with Crippen LogP contribution in [0.5, 0.6) is 0 Å². The molecule has 0 unspecified atom stereocenters. The van der Waals surface area contributed by atoms with Crippen LogP contribution in [0, 0.1) is 0 Å². The van der Waals surface area contributed by atoms with Crippen molar-refractivity contribution in [3.8, 4) is 5.69 Å². The molecule has 2 aromatic heterocycles.